The summed E-state index contributed by atoms with van der Waals surface area (Å²) in [5, 5.41) is 3.69. The third-order valence-electron chi connectivity index (χ3n) is 5.58. The van der Waals surface area contributed by atoms with Gasteiger partial charge in [0.2, 0.25) is 0 Å². The van der Waals surface area contributed by atoms with Gasteiger partial charge in [-0.15, -0.1) is 0 Å². The predicted molar refractivity (Wildman–Crippen MR) is 113 cm³/mol. The summed E-state index contributed by atoms with van der Waals surface area (Å²) in [7, 11) is 0. The Balaban J connectivity index is 1.56. The summed E-state index contributed by atoms with van der Waals surface area (Å²) < 4.78 is 11.5. The molecule has 2 heterocycles. The average Bonchev–Trinajstić information content (AvgIpc) is 2.72. The summed E-state index contributed by atoms with van der Waals surface area (Å²) in [6.07, 6.45) is 1.80. The summed E-state index contributed by atoms with van der Waals surface area (Å²) >= 11 is 0. The number of benzene rings is 1. The van der Waals surface area contributed by atoms with Gasteiger partial charge in [0.05, 0.1) is 18.9 Å². The first-order valence-corrected chi connectivity index (χ1v) is 10.2. The van der Waals surface area contributed by atoms with Crippen molar-refractivity contribution in [3.8, 4) is 5.75 Å². The number of nitrogens with zero attached hydrogens (tertiary/aromatic N) is 2. The lowest BCUT2D eigenvalue weighted by atomic mass is 10.0. The number of pyridine rings is 1. The molecule has 0 amide bonds. The van der Waals surface area contributed by atoms with Crippen LogP contribution in [0.5, 0.6) is 5.75 Å². The molecule has 1 aliphatic heterocycles. The van der Waals surface area contributed by atoms with E-state index in [2.05, 4.69) is 55.0 Å². The molecular weight excluding hydrogens is 350 g/mol. The zero-order chi connectivity index (χ0) is 19.9. The Bertz CT molecular complexity index is 722. The lowest BCUT2D eigenvalue weighted by Crippen LogP contribution is -2.50. The molecule has 0 spiro atoms. The second kappa shape index (κ2) is 10.0. The third kappa shape index (κ3) is 5.53. The van der Waals surface area contributed by atoms with E-state index in [-0.39, 0.29) is 0 Å². The molecular formula is C23H33N3O2. The molecule has 1 fully saturated rings. The highest BCUT2D eigenvalue weighted by Gasteiger charge is 2.21. The molecule has 28 heavy (non-hydrogen) atoms. The molecule has 152 valence electrons. The van der Waals surface area contributed by atoms with E-state index < -0.39 is 0 Å². The highest BCUT2D eigenvalue weighted by Crippen LogP contribution is 2.26. The maximum atomic E-state index is 6.05. The molecule has 0 radical (unpaired) electrons. The van der Waals surface area contributed by atoms with E-state index in [9.17, 15) is 0 Å². The van der Waals surface area contributed by atoms with Crippen LogP contribution < -0.4 is 10.1 Å². The first kappa shape index (κ1) is 20.8. The van der Waals surface area contributed by atoms with Gasteiger partial charge in [-0.25, -0.2) is 0 Å². The van der Waals surface area contributed by atoms with Crippen LogP contribution in [0.4, 0.5) is 0 Å². The summed E-state index contributed by atoms with van der Waals surface area (Å²) in [5.41, 5.74) is 4.57. The molecule has 1 aliphatic rings. The van der Waals surface area contributed by atoms with E-state index >= 15 is 0 Å². The largest absolute Gasteiger partial charge is 0.487 e. The molecule has 2 aromatic rings. The number of hydrogen-bond donors (Lipinski definition) is 1. The van der Waals surface area contributed by atoms with Crippen molar-refractivity contribution in [1.82, 2.24) is 15.2 Å². The Labute approximate surface area is 169 Å². The van der Waals surface area contributed by atoms with Gasteiger partial charge in [0, 0.05) is 37.9 Å². The van der Waals surface area contributed by atoms with Gasteiger partial charge < -0.3 is 14.8 Å². The fraction of sp³-hybridized carbons (Fsp3) is 0.522. The minimum Gasteiger partial charge on any atom is -0.487 e. The van der Waals surface area contributed by atoms with Crippen molar-refractivity contribution >= 4 is 0 Å². The van der Waals surface area contributed by atoms with Crippen LogP contribution in [0.15, 0.2) is 36.5 Å². The van der Waals surface area contributed by atoms with Gasteiger partial charge in [-0.2, -0.15) is 0 Å². The van der Waals surface area contributed by atoms with Crippen LogP contribution in [0.3, 0.4) is 0 Å². The molecule has 1 N–H and O–H groups in total. The van der Waals surface area contributed by atoms with Crippen LogP contribution in [-0.2, 0) is 17.9 Å². The number of ether oxygens (including phenoxy) is 2. The van der Waals surface area contributed by atoms with E-state index in [1.54, 1.807) is 6.20 Å². The Morgan fingerprint density at radius 3 is 2.50 bits per heavy atom. The second-order valence-corrected chi connectivity index (χ2v) is 7.73. The van der Waals surface area contributed by atoms with Crippen molar-refractivity contribution in [3.05, 3.63) is 58.9 Å². The number of rotatable bonds is 8. The van der Waals surface area contributed by atoms with Gasteiger partial charge in [0.1, 0.15) is 12.4 Å². The van der Waals surface area contributed by atoms with Crippen LogP contribution in [0, 0.1) is 13.8 Å². The fourth-order valence-corrected chi connectivity index (χ4v) is 3.75. The molecule has 0 saturated carbocycles. The normalized spacial score (nSPS) is 17.3. The lowest BCUT2D eigenvalue weighted by molar-refractivity contribution is 0.0135. The van der Waals surface area contributed by atoms with Crippen LogP contribution in [-0.4, -0.2) is 48.3 Å². The first-order valence-electron chi connectivity index (χ1n) is 10.2. The average molecular weight is 384 g/mol. The SMILES string of the molecule is Cc1cc(CNC(C)C(C)N2CCOCC2)cc(C)c1OCc1ccccn1. The molecule has 3 rings (SSSR count). The Hall–Kier alpha value is -1.95. The van der Waals surface area contributed by atoms with Gasteiger partial charge in [-0.3, -0.25) is 9.88 Å². The Morgan fingerprint density at radius 1 is 1.14 bits per heavy atom. The zero-order valence-electron chi connectivity index (χ0n) is 17.6. The lowest BCUT2D eigenvalue weighted by Gasteiger charge is -2.36. The standard InChI is InChI=1S/C23H33N3O2/c1-17-13-21(15-25-19(3)20(4)26-9-11-27-12-10-26)14-18(2)23(17)28-16-22-7-5-6-8-24-22/h5-8,13-14,19-20,25H,9-12,15-16H2,1-4H3. The number of hydrogen-bond acceptors (Lipinski definition) is 5. The van der Waals surface area contributed by atoms with Crippen molar-refractivity contribution in [1.29, 1.82) is 0 Å². The maximum Gasteiger partial charge on any atom is 0.130 e. The first-order chi connectivity index (χ1) is 13.5. The van der Waals surface area contributed by atoms with Crippen molar-refractivity contribution < 1.29 is 9.47 Å². The van der Waals surface area contributed by atoms with Gasteiger partial charge >= 0.3 is 0 Å². The number of morpholine rings is 1. The van der Waals surface area contributed by atoms with Gasteiger partial charge in [-0.1, -0.05) is 18.2 Å². The topological polar surface area (TPSA) is 46.6 Å². The number of aromatic nitrogens is 1. The molecule has 1 saturated heterocycles. The predicted octanol–water partition coefficient (Wildman–Crippen LogP) is 3.48. The molecule has 2 unspecified atom stereocenters. The fourth-order valence-electron chi connectivity index (χ4n) is 3.75. The summed E-state index contributed by atoms with van der Waals surface area (Å²) in [6, 6.07) is 11.2. The van der Waals surface area contributed by atoms with E-state index in [1.165, 1.54) is 16.7 Å². The summed E-state index contributed by atoms with van der Waals surface area (Å²) in [4.78, 5) is 6.83. The highest BCUT2D eigenvalue weighted by molar-refractivity contribution is 5.43. The van der Waals surface area contributed by atoms with Crippen LogP contribution >= 0.6 is 0 Å². The minimum absolute atomic E-state index is 0.416. The molecule has 5 heteroatoms. The number of nitrogens with one attached hydrogen (secondary N) is 1. The molecule has 0 bridgehead atoms. The molecule has 1 aromatic carbocycles. The molecule has 5 nitrogen and oxygen atoms in total. The van der Waals surface area contributed by atoms with Crippen LogP contribution in [0.2, 0.25) is 0 Å². The summed E-state index contributed by atoms with van der Waals surface area (Å²) in [5.74, 6) is 0.962. The van der Waals surface area contributed by atoms with Crippen molar-refractivity contribution in [2.75, 3.05) is 26.3 Å². The zero-order valence-corrected chi connectivity index (χ0v) is 17.6. The smallest absolute Gasteiger partial charge is 0.130 e. The maximum absolute atomic E-state index is 6.05. The van der Waals surface area contributed by atoms with Gasteiger partial charge in [0.25, 0.3) is 0 Å². The van der Waals surface area contributed by atoms with Crippen LogP contribution in [0.1, 0.15) is 36.2 Å². The molecule has 2 atom stereocenters. The van der Waals surface area contributed by atoms with E-state index in [0.29, 0.717) is 18.7 Å². The van der Waals surface area contributed by atoms with E-state index in [1.807, 2.05) is 18.2 Å². The van der Waals surface area contributed by atoms with Gasteiger partial charge in [0.15, 0.2) is 0 Å². The van der Waals surface area contributed by atoms with Crippen molar-refractivity contribution in [2.24, 2.45) is 0 Å². The van der Waals surface area contributed by atoms with E-state index in [0.717, 1.165) is 44.3 Å². The van der Waals surface area contributed by atoms with Crippen LogP contribution in [0.25, 0.3) is 0 Å². The Kier molecular flexibility index (Phi) is 7.43. The summed E-state index contributed by atoms with van der Waals surface area (Å²) in [6.45, 7) is 13.9. The third-order valence-corrected chi connectivity index (χ3v) is 5.58. The highest BCUT2D eigenvalue weighted by atomic mass is 16.5. The van der Waals surface area contributed by atoms with Crippen molar-refractivity contribution in [3.63, 3.8) is 0 Å². The van der Waals surface area contributed by atoms with Crippen molar-refractivity contribution in [2.45, 2.75) is 52.9 Å². The van der Waals surface area contributed by atoms with Gasteiger partial charge in [-0.05, 0) is 56.5 Å². The Morgan fingerprint density at radius 2 is 1.86 bits per heavy atom. The molecule has 1 aromatic heterocycles. The van der Waals surface area contributed by atoms with E-state index in [4.69, 9.17) is 9.47 Å². The monoisotopic (exact) mass is 383 g/mol. The number of aryl methyl sites for hydroxylation is 2. The quantitative estimate of drug-likeness (QED) is 0.756. The second-order valence-electron chi connectivity index (χ2n) is 7.73. The molecule has 0 aliphatic carbocycles. The minimum atomic E-state index is 0.416.